The predicted molar refractivity (Wildman–Crippen MR) is 263 cm³/mol. The van der Waals surface area contributed by atoms with Crippen molar-refractivity contribution >= 4 is 116 Å². The Morgan fingerprint density at radius 3 is 1.68 bits per heavy atom. The summed E-state index contributed by atoms with van der Waals surface area (Å²) in [6.45, 7) is 20.6. The van der Waals surface area contributed by atoms with Gasteiger partial charge in [-0.2, -0.15) is 4.31 Å². The first-order chi connectivity index (χ1) is 28.6. The molecule has 23 heteroatoms. The van der Waals surface area contributed by atoms with Gasteiger partial charge in [-0.05, 0) is 97.7 Å². The lowest BCUT2D eigenvalue weighted by atomic mass is 9.98. The number of anilines is 1. The molecule has 2 aliphatic heterocycles. The molecule has 2 atom stereocenters. The van der Waals surface area contributed by atoms with Crippen LogP contribution in [0, 0.1) is 0 Å². The van der Waals surface area contributed by atoms with Crippen LogP contribution in [-0.4, -0.2) is 115 Å². The van der Waals surface area contributed by atoms with Gasteiger partial charge in [0, 0.05) is 95.3 Å². The van der Waals surface area contributed by atoms with Crippen molar-refractivity contribution in [2.45, 2.75) is 99.9 Å². The molecule has 1 amide bonds. The molecular formula is C40H59BrCl4N6O8S4. The van der Waals surface area contributed by atoms with Crippen LogP contribution >= 0.6 is 84.9 Å². The number of nitrogens with zero attached hydrogens (tertiary/aromatic N) is 5. The van der Waals surface area contributed by atoms with Gasteiger partial charge < -0.3 is 30.1 Å². The van der Waals surface area contributed by atoms with E-state index < -0.39 is 35.9 Å². The molecule has 0 spiro atoms. The largest absolute Gasteiger partial charge is 0.444 e. The molecule has 2 aromatic heterocycles. The van der Waals surface area contributed by atoms with Gasteiger partial charge in [-0.3, -0.25) is 0 Å². The van der Waals surface area contributed by atoms with E-state index in [9.17, 15) is 31.8 Å². The maximum absolute atomic E-state index is 12.6. The van der Waals surface area contributed by atoms with Crippen molar-refractivity contribution < 1.29 is 36.6 Å². The monoisotopic (exact) mass is 1100 g/mol. The molecule has 2 aliphatic rings. The van der Waals surface area contributed by atoms with Crippen molar-refractivity contribution in [3.63, 3.8) is 0 Å². The van der Waals surface area contributed by atoms with Crippen LogP contribution in [0.5, 0.6) is 0 Å². The fourth-order valence-corrected chi connectivity index (χ4v) is 10.0. The first-order valence-corrected chi connectivity index (χ1v) is 26.6. The first-order valence-electron chi connectivity index (χ1n) is 19.2. The lowest BCUT2D eigenvalue weighted by Gasteiger charge is -2.40. The van der Waals surface area contributed by atoms with Crippen LogP contribution in [0.1, 0.15) is 73.4 Å². The van der Waals surface area contributed by atoms with Crippen molar-refractivity contribution in [1.29, 1.82) is 0 Å². The number of benzene rings is 2. The van der Waals surface area contributed by atoms with Crippen molar-refractivity contribution in [2.24, 2.45) is 0 Å². The highest BCUT2D eigenvalue weighted by molar-refractivity contribution is 9.10. The van der Waals surface area contributed by atoms with Gasteiger partial charge in [0.15, 0.2) is 0 Å². The Bertz CT molecular complexity index is 2140. The number of rotatable bonds is 6. The number of alkyl halides is 2. The van der Waals surface area contributed by atoms with Crippen LogP contribution in [0.15, 0.2) is 84.8 Å². The van der Waals surface area contributed by atoms with E-state index in [0.717, 1.165) is 63.6 Å². The van der Waals surface area contributed by atoms with Crippen molar-refractivity contribution in [2.75, 3.05) is 49.5 Å². The molecule has 4 aromatic rings. The Labute approximate surface area is 410 Å². The number of ether oxygens (including phenoxy) is 1. The zero-order chi connectivity index (χ0) is 47.1. The summed E-state index contributed by atoms with van der Waals surface area (Å²) in [7, 11) is -2.16. The summed E-state index contributed by atoms with van der Waals surface area (Å²) >= 11 is 15.0. The molecule has 63 heavy (non-hydrogen) atoms. The Morgan fingerprint density at radius 2 is 1.30 bits per heavy atom. The van der Waals surface area contributed by atoms with E-state index in [4.69, 9.17) is 38.6 Å². The molecule has 2 aromatic carbocycles. The maximum Gasteiger partial charge on any atom is 0.410 e. The van der Waals surface area contributed by atoms with Gasteiger partial charge in [-0.15, -0.1) is 58.3 Å². The highest BCUT2D eigenvalue weighted by Crippen LogP contribution is 2.28. The quantitative estimate of drug-likeness (QED) is 0.123. The first kappa shape index (κ1) is 59.2. The van der Waals surface area contributed by atoms with Crippen LogP contribution in [0.2, 0.25) is 0 Å². The third-order valence-electron chi connectivity index (χ3n) is 8.66. The number of halogens is 5. The van der Waals surface area contributed by atoms with Crippen LogP contribution in [-0.2, 0) is 35.0 Å². The number of piperazine rings is 2. The molecule has 0 saturated carbocycles. The zero-order valence-corrected chi connectivity index (χ0v) is 44.6. The van der Waals surface area contributed by atoms with Crippen molar-refractivity contribution in [3.05, 3.63) is 87.3 Å². The molecule has 356 valence electrons. The maximum atomic E-state index is 12.6. The topological polar surface area (TPSA) is 183 Å². The normalized spacial score (nSPS) is 17.1. The number of aliphatic hydroxyl groups is 2. The van der Waals surface area contributed by atoms with Gasteiger partial charge >= 0.3 is 6.09 Å². The molecule has 0 aliphatic carbocycles. The lowest BCUT2D eigenvalue weighted by molar-refractivity contribution is 0.0201. The van der Waals surface area contributed by atoms with E-state index in [1.165, 1.54) is 16.7 Å². The van der Waals surface area contributed by atoms with E-state index in [1.54, 1.807) is 43.4 Å². The SMILES string of the molecule is CC(C)(O)c1ccc(Br)cc1.C[C@H]1CN(C(=O)OC(C)(C)C)CCN1.C[C@H]1CN(S(=O)(=O)c2nccs2)CCN1c1ccc(C(C)(C)O)cc1.Cl.ClCCl.O=S(=O)(Cl)c1nccs1. The molecule has 3 N–H and O–H groups in total. The molecule has 4 heterocycles. The van der Waals surface area contributed by atoms with Crippen LogP contribution < -0.4 is 10.2 Å². The average molecular weight is 1100 g/mol. The highest BCUT2D eigenvalue weighted by Gasteiger charge is 2.34. The second kappa shape index (κ2) is 26.5. The Balaban J connectivity index is 0.000000443. The van der Waals surface area contributed by atoms with E-state index in [1.807, 2.05) is 76.2 Å². The summed E-state index contributed by atoms with van der Waals surface area (Å²) < 4.78 is 54.0. The molecular weight excluding hydrogens is 1040 g/mol. The number of hydrogen-bond acceptors (Lipinski definition) is 14. The van der Waals surface area contributed by atoms with Gasteiger partial charge in [0.25, 0.3) is 19.1 Å². The highest BCUT2D eigenvalue weighted by atomic mass is 79.9. The fraction of sp³-hybridized carbons (Fsp3) is 0.525. The Morgan fingerprint density at radius 1 is 0.825 bits per heavy atom. The van der Waals surface area contributed by atoms with Crippen molar-refractivity contribution in [1.82, 2.24) is 24.5 Å². The Kier molecular flexibility index (Phi) is 24.9. The summed E-state index contributed by atoms with van der Waals surface area (Å²) in [6, 6.07) is 15.9. The number of amides is 1. The number of aromatic nitrogens is 2. The van der Waals surface area contributed by atoms with Gasteiger partial charge in [0.05, 0.1) is 16.5 Å². The number of thiazole rings is 2. The summed E-state index contributed by atoms with van der Waals surface area (Å²) in [5.74, 6) is 0. The molecule has 0 radical (unpaired) electrons. The molecule has 14 nitrogen and oxygen atoms in total. The molecule has 2 fully saturated rings. The summed E-state index contributed by atoms with van der Waals surface area (Å²) in [4.78, 5) is 23.0. The standard InChI is InChI=1S/C17H23N3O3S2.C10H20N2O2.C9H11BrO.C3H2ClNO2S2.CH2Cl2.ClH/c1-13-12-19(25(22,23)16-18-8-11-24-16)9-10-20(13)15-6-4-14(5-7-15)17(2,3)21;1-8-7-12(6-5-11-8)9(13)14-10(2,3)4;1-9(2,11)7-3-5-8(10)6-4-7;4-9(6,7)3-5-1-2-8-3;2-1-3;/h4-8,11,13,21H,9-10,12H2,1-3H3;8,11H,5-7H2,1-4H3;3-6,11H,1-2H3;1-2H;1H2;1H/t13-;8-;;;;/m00..../s1. The van der Waals surface area contributed by atoms with Crippen LogP contribution in [0.4, 0.5) is 10.5 Å². The van der Waals surface area contributed by atoms with Crippen molar-refractivity contribution in [3.8, 4) is 0 Å². The second-order valence-electron chi connectivity index (χ2n) is 16.0. The minimum absolute atomic E-state index is 0. The van der Waals surface area contributed by atoms with Gasteiger partial charge in [-0.1, -0.05) is 40.2 Å². The van der Waals surface area contributed by atoms with Gasteiger partial charge in [0.2, 0.25) is 8.68 Å². The van der Waals surface area contributed by atoms with E-state index >= 15 is 0 Å². The number of carbonyl (C=O) groups excluding carboxylic acids is 1. The number of sulfonamides is 1. The van der Waals surface area contributed by atoms with Crippen LogP contribution in [0.25, 0.3) is 0 Å². The zero-order valence-electron chi connectivity index (χ0n) is 36.7. The summed E-state index contributed by atoms with van der Waals surface area (Å²) in [5.41, 5.74) is 0.817. The number of hydrogen-bond donors (Lipinski definition) is 3. The minimum atomic E-state index is -3.58. The lowest BCUT2D eigenvalue weighted by Crippen LogP contribution is -2.53. The molecule has 0 unspecified atom stereocenters. The van der Waals surface area contributed by atoms with E-state index in [0.29, 0.717) is 25.7 Å². The minimum Gasteiger partial charge on any atom is -0.444 e. The molecule has 0 bridgehead atoms. The van der Waals surface area contributed by atoms with E-state index in [2.05, 4.69) is 43.0 Å². The van der Waals surface area contributed by atoms with E-state index in [-0.39, 0.29) is 38.6 Å². The third kappa shape index (κ3) is 21.1. The molecule has 6 rings (SSSR count). The fourth-order valence-electron chi connectivity index (χ4n) is 5.65. The summed E-state index contributed by atoms with van der Waals surface area (Å²) in [6.07, 6.45) is 2.70. The Hall–Kier alpha value is -1.85. The number of carbonyl (C=O) groups is 1. The molecule has 2 saturated heterocycles. The van der Waals surface area contributed by atoms with Gasteiger partial charge in [0.1, 0.15) is 5.60 Å². The third-order valence-corrected chi connectivity index (χ3v) is 15.0. The van der Waals surface area contributed by atoms with Crippen LogP contribution in [0.3, 0.4) is 0 Å². The van der Waals surface area contributed by atoms with Gasteiger partial charge in [-0.25, -0.2) is 31.6 Å². The smallest absolute Gasteiger partial charge is 0.410 e. The average Bonchev–Trinajstić information content (AvgIpc) is 3.92. The second-order valence-corrected chi connectivity index (χ2v) is 24.4. The number of nitrogens with one attached hydrogen (secondary N) is 1. The summed E-state index contributed by atoms with van der Waals surface area (Å²) in [5, 5.41) is 26.3. The predicted octanol–water partition coefficient (Wildman–Crippen LogP) is 9.08.